The van der Waals surface area contributed by atoms with Crippen molar-refractivity contribution in [2.75, 3.05) is 18.5 Å². The van der Waals surface area contributed by atoms with Crippen molar-refractivity contribution in [2.45, 2.75) is 49.6 Å². The molecular weight excluding hydrogens is 426 g/mol. The van der Waals surface area contributed by atoms with Crippen molar-refractivity contribution in [3.8, 4) is 0 Å². The fraction of sp³-hybridized carbons (Fsp3) is 0.348. The quantitative estimate of drug-likeness (QED) is 0.300. The SMILES string of the molecule is CCc1ccc([S+](=O)([O-])c2nnn3c2nc(NCCCOC(C)C)c2ccccc23)cc1. The van der Waals surface area contributed by atoms with Crippen LogP contribution in [0.3, 0.4) is 0 Å². The number of sulfone groups is 1. The van der Waals surface area contributed by atoms with Crippen molar-refractivity contribution in [2.24, 2.45) is 0 Å². The summed E-state index contributed by atoms with van der Waals surface area (Å²) in [6, 6.07) is 14.4. The Morgan fingerprint density at radius 1 is 1.16 bits per heavy atom. The number of fused-ring (bicyclic) bond motifs is 3. The van der Waals surface area contributed by atoms with Crippen molar-refractivity contribution < 1.29 is 13.5 Å². The van der Waals surface area contributed by atoms with Crippen molar-refractivity contribution in [3.63, 3.8) is 0 Å². The van der Waals surface area contributed by atoms with Crippen LogP contribution >= 0.6 is 0 Å². The minimum atomic E-state index is -3.88. The molecule has 0 bridgehead atoms. The first-order chi connectivity index (χ1) is 15.4. The first kappa shape index (κ1) is 22.3. The first-order valence-electron chi connectivity index (χ1n) is 10.8. The molecule has 4 aromatic rings. The summed E-state index contributed by atoms with van der Waals surface area (Å²) in [4.78, 5) is 4.80. The molecule has 4 rings (SSSR count). The van der Waals surface area contributed by atoms with E-state index in [4.69, 9.17) is 4.74 Å². The van der Waals surface area contributed by atoms with Gasteiger partial charge in [-0.15, -0.1) is 0 Å². The van der Waals surface area contributed by atoms with Crippen molar-refractivity contribution >= 4 is 32.6 Å². The molecule has 0 radical (unpaired) electrons. The number of aryl methyl sites for hydroxylation is 1. The highest BCUT2D eigenvalue weighted by molar-refractivity contribution is 7.97. The standard InChI is InChI=1S/C23H27N5O3S/c1-4-17-10-12-18(13-11-17)32(29,30)23-22-25-21(24-14-7-15-31-16(2)3)19-8-5-6-9-20(19)28(22)27-26-23/h5-6,8-13,16H,4,7,14-15H2,1-3H3,(H-,24,25,29,30). The number of hydrogen-bond acceptors (Lipinski definition) is 7. The van der Waals surface area contributed by atoms with Gasteiger partial charge in [-0.25, -0.2) is 4.98 Å². The maximum absolute atomic E-state index is 13.3. The second-order valence-corrected chi connectivity index (χ2v) is 9.67. The minimum Gasteiger partial charge on any atom is -0.604 e. The predicted molar refractivity (Wildman–Crippen MR) is 124 cm³/mol. The third-order valence-corrected chi connectivity index (χ3v) is 6.85. The number of rotatable bonds is 9. The second-order valence-electron chi connectivity index (χ2n) is 7.81. The van der Waals surface area contributed by atoms with Crippen molar-refractivity contribution in [1.29, 1.82) is 0 Å². The zero-order chi connectivity index (χ0) is 22.7. The molecule has 2 heterocycles. The largest absolute Gasteiger partial charge is 0.604 e. The molecule has 0 saturated heterocycles. The molecule has 0 aliphatic heterocycles. The van der Waals surface area contributed by atoms with Crippen LogP contribution in [0.4, 0.5) is 5.82 Å². The van der Waals surface area contributed by atoms with Crippen molar-refractivity contribution in [3.05, 3.63) is 54.1 Å². The summed E-state index contributed by atoms with van der Waals surface area (Å²) in [6.07, 6.45) is 1.81. The Bertz CT molecular complexity index is 1270. The van der Waals surface area contributed by atoms with Crippen LogP contribution in [0.2, 0.25) is 0 Å². The first-order valence-corrected chi connectivity index (χ1v) is 12.2. The minimum absolute atomic E-state index is 0.154. The summed E-state index contributed by atoms with van der Waals surface area (Å²) in [5.74, 6) is 0.595. The Labute approximate surface area is 188 Å². The average molecular weight is 454 g/mol. The molecule has 0 fully saturated rings. The Kier molecular flexibility index (Phi) is 6.50. The van der Waals surface area contributed by atoms with Gasteiger partial charge >= 0.3 is 5.03 Å². The molecule has 0 aliphatic carbocycles. The summed E-state index contributed by atoms with van der Waals surface area (Å²) in [7, 11) is -3.88. The molecule has 0 spiro atoms. The Hall–Kier alpha value is -2.88. The van der Waals surface area contributed by atoms with Crippen LogP contribution in [0.5, 0.6) is 0 Å². The number of ether oxygens (including phenoxy) is 1. The van der Waals surface area contributed by atoms with Gasteiger partial charge in [-0.2, -0.15) is 4.52 Å². The van der Waals surface area contributed by atoms with Crippen LogP contribution in [0.15, 0.2) is 58.5 Å². The van der Waals surface area contributed by atoms with E-state index in [1.807, 2.05) is 57.2 Å². The zero-order valence-electron chi connectivity index (χ0n) is 18.4. The predicted octanol–water partition coefficient (Wildman–Crippen LogP) is 4.11. The number of aromatic nitrogens is 4. The molecule has 9 heteroatoms. The summed E-state index contributed by atoms with van der Waals surface area (Å²) >= 11 is 0. The normalized spacial score (nSPS) is 13.7. The van der Waals surface area contributed by atoms with Crippen LogP contribution in [0, 0.1) is 0 Å². The molecule has 32 heavy (non-hydrogen) atoms. The van der Waals surface area contributed by atoms with Gasteiger partial charge < -0.3 is 14.6 Å². The highest BCUT2D eigenvalue weighted by Crippen LogP contribution is 2.30. The molecular formula is C23H27N5O3S. The summed E-state index contributed by atoms with van der Waals surface area (Å²) in [6.45, 7) is 7.30. The average Bonchev–Trinajstić information content (AvgIpc) is 3.23. The topological polar surface area (TPSA) is 104 Å². The van der Waals surface area contributed by atoms with Gasteiger partial charge in [-0.3, -0.25) is 0 Å². The molecule has 0 saturated carbocycles. The highest BCUT2D eigenvalue weighted by atomic mass is 32.3. The van der Waals surface area contributed by atoms with Gasteiger partial charge in [-0.05, 0) is 56.5 Å². The monoisotopic (exact) mass is 453 g/mol. The smallest absolute Gasteiger partial charge is 0.317 e. The van der Waals surface area contributed by atoms with E-state index in [2.05, 4.69) is 20.6 Å². The van der Waals surface area contributed by atoms with E-state index >= 15 is 0 Å². The number of para-hydroxylation sites is 1. The number of hydrogen-bond donors (Lipinski definition) is 1. The number of nitrogens with one attached hydrogen (secondary N) is 1. The summed E-state index contributed by atoms with van der Waals surface area (Å²) < 4.78 is 33.7. The van der Waals surface area contributed by atoms with E-state index in [1.165, 1.54) is 4.52 Å². The Morgan fingerprint density at radius 3 is 2.62 bits per heavy atom. The number of nitrogens with zero attached hydrogens (tertiary/aromatic N) is 4. The van der Waals surface area contributed by atoms with Crippen LogP contribution < -0.4 is 5.32 Å². The van der Waals surface area contributed by atoms with E-state index in [9.17, 15) is 8.76 Å². The number of anilines is 1. The van der Waals surface area contributed by atoms with Gasteiger partial charge in [0.1, 0.15) is 16.0 Å². The molecule has 1 atom stereocenters. The Morgan fingerprint density at radius 2 is 1.91 bits per heavy atom. The van der Waals surface area contributed by atoms with Gasteiger partial charge in [-0.1, -0.05) is 45.7 Å². The van der Waals surface area contributed by atoms with E-state index in [0.717, 1.165) is 29.3 Å². The van der Waals surface area contributed by atoms with Gasteiger partial charge in [0.25, 0.3) is 0 Å². The van der Waals surface area contributed by atoms with Crippen LogP contribution in [-0.2, 0) is 25.6 Å². The lowest BCUT2D eigenvalue weighted by Crippen LogP contribution is -2.14. The summed E-state index contributed by atoms with van der Waals surface area (Å²) in [5, 5.41) is 12.1. The molecule has 2 aromatic carbocycles. The van der Waals surface area contributed by atoms with Gasteiger partial charge in [0.05, 0.1) is 11.6 Å². The lowest BCUT2D eigenvalue weighted by atomic mass is 10.2. The fourth-order valence-corrected chi connectivity index (χ4v) is 4.70. The van der Waals surface area contributed by atoms with Gasteiger partial charge in [0.2, 0.25) is 5.65 Å². The molecule has 0 aliphatic rings. The van der Waals surface area contributed by atoms with Crippen LogP contribution in [0.25, 0.3) is 16.6 Å². The Balaban J connectivity index is 1.73. The lowest BCUT2D eigenvalue weighted by Gasteiger charge is -2.13. The maximum atomic E-state index is 13.3. The van der Waals surface area contributed by atoms with Crippen LogP contribution in [0.1, 0.15) is 32.8 Å². The van der Waals surface area contributed by atoms with Crippen molar-refractivity contribution in [1.82, 2.24) is 19.8 Å². The molecule has 1 N–H and O–H groups in total. The third kappa shape index (κ3) is 4.36. The van der Waals surface area contributed by atoms with Gasteiger partial charge in [0, 0.05) is 18.5 Å². The highest BCUT2D eigenvalue weighted by Gasteiger charge is 2.32. The summed E-state index contributed by atoms with van der Waals surface area (Å²) in [5.41, 5.74) is 1.99. The van der Waals surface area contributed by atoms with E-state index < -0.39 is 10.2 Å². The van der Waals surface area contributed by atoms with E-state index in [0.29, 0.717) is 19.0 Å². The molecule has 0 amide bonds. The van der Waals surface area contributed by atoms with E-state index in [-0.39, 0.29) is 21.7 Å². The maximum Gasteiger partial charge on any atom is 0.317 e. The van der Waals surface area contributed by atoms with E-state index in [1.54, 1.807) is 12.1 Å². The molecule has 8 nitrogen and oxygen atoms in total. The second kappa shape index (κ2) is 9.32. The third-order valence-electron chi connectivity index (χ3n) is 5.18. The molecule has 168 valence electrons. The van der Waals surface area contributed by atoms with Crippen LogP contribution in [-0.4, -0.2) is 43.6 Å². The van der Waals surface area contributed by atoms with Gasteiger partial charge in [0.15, 0.2) is 4.90 Å². The number of benzene rings is 2. The fourth-order valence-electron chi connectivity index (χ4n) is 3.47. The molecule has 2 aromatic heterocycles. The molecule has 1 unspecified atom stereocenters. The zero-order valence-corrected chi connectivity index (χ0v) is 19.3. The lowest BCUT2D eigenvalue weighted by molar-refractivity contribution is 0.0787.